The third kappa shape index (κ3) is 2.30. The van der Waals surface area contributed by atoms with E-state index in [4.69, 9.17) is 11.6 Å². The van der Waals surface area contributed by atoms with Gasteiger partial charge in [0.2, 0.25) is 0 Å². The molecule has 0 aliphatic rings. The Kier molecular flexibility index (Phi) is 3.68. The molecule has 0 spiro atoms. The van der Waals surface area contributed by atoms with Crippen molar-refractivity contribution in [3.63, 3.8) is 0 Å². The fourth-order valence-electron chi connectivity index (χ4n) is 2.11. The number of benzene rings is 1. The molecular formula is C15H11BrClN3. The molecule has 3 rings (SSSR count). The Morgan fingerprint density at radius 2 is 1.95 bits per heavy atom. The van der Waals surface area contributed by atoms with Crippen LogP contribution in [0.4, 0.5) is 0 Å². The lowest BCUT2D eigenvalue weighted by Crippen LogP contribution is -1.98. The molecule has 5 heteroatoms. The zero-order valence-electron chi connectivity index (χ0n) is 10.8. The molecule has 100 valence electrons. The number of nitrogens with zero attached hydrogens (tertiary/aromatic N) is 3. The molecule has 0 saturated carbocycles. The van der Waals surface area contributed by atoms with Gasteiger partial charge in [0.05, 0.1) is 10.2 Å². The molecule has 0 N–H and O–H groups in total. The fraction of sp³-hybridized carbons (Fsp3) is 0.133. The Bertz CT molecular complexity index is 784. The fourth-order valence-corrected chi connectivity index (χ4v) is 2.76. The topological polar surface area (TPSA) is 38.7 Å². The minimum Gasteiger partial charge on any atom is -0.263 e. The highest BCUT2D eigenvalue weighted by Crippen LogP contribution is 2.30. The Morgan fingerprint density at radius 1 is 1.15 bits per heavy atom. The molecule has 2 heterocycles. The zero-order chi connectivity index (χ0) is 14.1. The molecule has 1 aromatic carbocycles. The second-order valence-electron chi connectivity index (χ2n) is 4.36. The van der Waals surface area contributed by atoms with Crippen LogP contribution in [0.15, 0.2) is 41.1 Å². The van der Waals surface area contributed by atoms with Crippen LogP contribution in [0, 0.1) is 0 Å². The number of aromatic nitrogens is 3. The molecule has 3 aromatic rings. The molecule has 20 heavy (non-hydrogen) atoms. The number of fused-ring (bicyclic) bond motifs is 1. The van der Waals surface area contributed by atoms with Gasteiger partial charge in [-0.1, -0.05) is 42.8 Å². The van der Waals surface area contributed by atoms with E-state index < -0.39 is 0 Å². The van der Waals surface area contributed by atoms with Gasteiger partial charge in [0.25, 0.3) is 0 Å². The van der Waals surface area contributed by atoms with Gasteiger partial charge >= 0.3 is 0 Å². The summed E-state index contributed by atoms with van der Waals surface area (Å²) in [6, 6.07) is 8.04. The normalized spacial score (nSPS) is 10.9. The lowest BCUT2D eigenvalue weighted by atomic mass is 10.1. The molecule has 0 amide bonds. The van der Waals surface area contributed by atoms with Crippen molar-refractivity contribution in [1.29, 1.82) is 0 Å². The minimum atomic E-state index is 0.430. The van der Waals surface area contributed by atoms with Gasteiger partial charge in [0.1, 0.15) is 5.15 Å². The van der Waals surface area contributed by atoms with Crippen LogP contribution in [0.5, 0.6) is 0 Å². The summed E-state index contributed by atoms with van der Waals surface area (Å²) in [7, 11) is 0. The Labute approximate surface area is 130 Å². The largest absolute Gasteiger partial charge is 0.263 e. The molecule has 0 radical (unpaired) electrons. The van der Waals surface area contributed by atoms with Gasteiger partial charge in [-0.05, 0) is 27.7 Å². The average Bonchev–Trinajstić information content (AvgIpc) is 2.49. The average molecular weight is 349 g/mol. The molecule has 0 aliphatic heterocycles. The van der Waals surface area contributed by atoms with Gasteiger partial charge in [0.15, 0.2) is 5.82 Å². The smallest absolute Gasteiger partial charge is 0.163 e. The maximum atomic E-state index is 6.18. The number of hydrogen-bond acceptors (Lipinski definition) is 3. The molecule has 0 aliphatic carbocycles. The van der Waals surface area contributed by atoms with E-state index in [9.17, 15) is 0 Å². The van der Waals surface area contributed by atoms with Crippen molar-refractivity contribution in [1.82, 2.24) is 15.0 Å². The Balaban J connectivity index is 2.28. The lowest BCUT2D eigenvalue weighted by Gasteiger charge is -2.08. The van der Waals surface area contributed by atoms with Crippen LogP contribution >= 0.6 is 27.5 Å². The molecule has 0 saturated heterocycles. The quantitative estimate of drug-likeness (QED) is 0.632. The van der Waals surface area contributed by atoms with Gasteiger partial charge in [-0.3, -0.25) is 4.98 Å². The van der Waals surface area contributed by atoms with Gasteiger partial charge in [-0.2, -0.15) is 0 Å². The van der Waals surface area contributed by atoms with Crippen LogP contribution < -0.4 is 0 Å². The van der Waals surface area contributed by atoms with Crippen molar-refractivity contribution >= 4 is 38.3 Å². The van der Waals surface area contributed by atoms with Crippen molar-refractivity contribution in [3.05, 3.63) is 52.0 Å². The minimum absolute atomic E-state index is 0.430. The van der Waals surface area contributed by atoms with Gasteiger partial charge in [-0.15, -0.1) is 0 Å². The van der Waals surface area contributed by atoms with Crippen molar-refractivity contribution in [2.24, 2.45) is 0 Å². The first-order chi connectivity index (χ1) is 9.70. The number of pyridine rings is 1. The van der Waals surface area contributed by atoms with Crippen LogP contribution in [-0.4, -0.2) is 15.0 Å². The van der Waals surface area contributed by atoms with Crippen LogP contribution in [0.3, 0.4) is 0 Å². The Hall–Kier alpha value is -1.52. The highest BCUT2D eigenvalue weighted by molar-refractivity contribution is 9.10. The highest BCUT2D eigenvalue weighted by Gasteiger charge is 2.13. The third-order valence-corrected chi connectivity index (χ3v) is 4.46. The van der Waals surface area contributed by atoms with Gasteiger partial charge in [-0.25, -0.2) is 9.97 Å². The first kappa shape index (κ1) is 13.5. The van der Waals surface area contributed by atoms with E-state index in [1.807, 2.05) is 37.4 Å². The molecule has 3 nitrogen and oxygen atoms in total. The predicted molar refractivity (Wildman–Crippen MR) is 84.9 cm³/mol. The Morgan fingerprint density at radius 3 is 2.75 bits per heavy atom. The second-order valence-corrected chi connectivity index (χ2v) is 5.51. The summed E-state index contributed by atoms with van der Waals surface area (Å²) in [5, 5.41) is 2.56. The first-order valence-corrected chi connectivity index (χ1v) is 7.43. The van der Waals surface area contributed by atoms with E-state index in [1.54, 1.807) is 6.20 Å². The van der Waals surface area contributed by atoms with Crippen molar-refractivity contribution in [2.75, 3.05) is 0 Å². The summed E-state index contributed by atoms with van der Waals surface area (Å²) in [6.45, 7) is 2.04. The lowest BCUT2D eigenvalue weighted by molar-refractivity contribution is 0.991. The van der Waals surface area contributed by atoms with Crippen molar-refractivity contribution < 1.29 is 0 Å². The monoisotopic (exact) mass is 347 g/mol. The maximum Gasteiger partial charge on any atom is 0.163 e. The molecular weight excluding hydrogens is 338 g/mol. The zero-order valence-corrected chi connectivity index (χ0v) is 13.1. The summed E-state index contributed by atoms with van der Waals surface area (Å²) in [5.41, 5.74) is 1.79. The first-order valence-electron chi connectivity index (χ1n) is 6.25. The van der Waals surface area contributed by atoms with Gasteiger partial charge < -0.3 is 0 Å². The molecule has 0 unspecified atom stereocenters. The van der Waals surface area contributed by atoms with E-state index in [0.29, 0.717) is 11.0 Å². The van der Waals surface area contributed by atoms with Crippen LogP contribution in [-0.2, 0) is 6.42 Å². The van der Waals surface area contributed by atoms with Crippen LogP contribution in [0.25, 0.3) is 22.2 Å². The number of halogens is 2. The third-order valence-electron chi connectivity index (χ3n) is 3.12. The summed E-state index contributed by atoms with van der Waals surface area (Å²) >= 11 is 9.60. The van der Waals surface area contributed by atoms with Crippen LogP contribution in [0.2, 0.25) is 5.15 Å². The molecule has 0 fully saturated rings. The van der Waals surface area contributed by atoms with Crippen molar-refractivity contribution in [3.8, 4) is 11.4 Å². The summed E-state index contributed by atoms with van der Waals surface area (Å²) in [5.74, 6) is 0.611. The summed E-state index contributed by atoms with van der Waals surface area (Å²) < 4.78 is 0.763. The standard InChI is InChI=1S/C15H11BrClN3/c1-2-12-13(16)14(17)20-15(19-12)11-8-18-7-9-5-3-4-6-10(9)11/h3-8H,2H2,1H3. The molecule has 0 atom stereocenters. The van der Waals surface area contributed by atoms with E-state index in [-0.39, 0.29) is 0 Å². The second kappa shape index (κ2) is 5.46. The SMILES string of the molecule is CCc1nc(-c2cncc3ccccc23)nc(Cl)c1Br. The maximum absolute atomic E-state index is 6.18. The van der Waals surface area contributed by atoms with Crippen molar-refractivity contribution in [2.45, 2.75) is 13.3 Å². The molecule has 0 bridgehead atoms. The summed E-state index contributed by atoms with van der Waals surface area (Å²) in [4.78, 5) is 13.2. The number of rotatable bonds is 2. The number of aryl methyl sites for hydroxylation is 1. The highest BCUT2D eigenvalue weighted by atomic mass is 79.9. The van der Waals surface area contributed by atoms with Gasteiger partial charge in [0, 0.05) is 23.3 Å². The van der Waals surface area contributed by atoms with Crippen LogP contribution in [0.1, 0.15) is 12.6 Å². The molecule has 2 aromatic heterocycles. The van der Waals surface area contributed by atoms with E-state index >= 15 is 0 Å². The predicted octanol–water partition coefficient (Wildman–Crippen LogP) is 4.67. The number of hydrogen-bond donors (Lipinski definition) is 0. The van der Waals surface area contributed by atoms with E-state index in [0.717, 1.165) is 32.9 Å². The van der Waals surface area contributed by atoms with E-state index in [2.05, 4.69) is 30.9 Å². The van der Waals surface area contributed by atoms with E-state index in [1.165, 1.54) is 0 Å². The summed E-state index contributed by atoms with van der Waals surface area (Å²) in [6.07, 6.45) is 4.40.